The lowest BCUT2D eigenvalue weighted by atomic mass is 9.99. The fourth-order valence-electron chi connectivity index (χ4n) is 2.99. The van der Waals surface area contributed by atoms with Crippen LogP contribution in [0.1, 0.15) is 12.5 Å². The topological polar surface area (TPSA) is 3.24 Å². The third kappa shape index (κ3) is 2.72. The van der Waals surface area contributed by atoms with E-state index in [9.17, 15) is 0 Å². The summed E-state index contributed by atoms with van der Waals surface area (Å²) in [5.74, 6) is 0.687. The van der Waals surface area contributed by atoms with Gasteiger partial charge in [0.25, 0.3) is 0 Å². The quantitative estimate of drug-likeness (QED) is 0.665. The van der Waals surface area contributed by atoms with Crippen LogP contribution in [0.3, 0.4) is 0 Å². The van der Waals surface area contributed by atoms with Gasteiger partial charge in [0.1, 0.15) is 0 Å². The highest BCUT2D eigenvalue weighted by molar-refractivity contribution is 7.25. The van der Waals surface area contributed by atoms with Crippen molar-refractivity contribution in [3.8, 4) is 0 Å². The monoisotopic (exact) mass is 283 g/mol. The van der Waals surface area contributed by atoms with Gasteiger partial charge in [-0.3, -0.25) is 0 Å². The van der Waals surface area contributed by atoms with Crippen molar-refractivity contribution in [1.82, 2.24) is 4.90 Å². The van der Waals surface area contributed by atoms with E-state index < -0.39 is 0 Å². The lowest BCUT2D eigenvalue weighted by Gasteiger charge is -2.16. The molecule has 0 saturated carbocycles. The minimum atomic E-state index is 0.687. The number of fused-ring (bicyclic) bond motifs is 3. The van der Waals surface area contributed by atoms with Crippen LogP contribution in [-0.2, 0) is 6.42 Å². The summed E-state index contributed by atoms with van der Waals surface area (Å²) >= 11 is 1.89. The van der Waals surface area contributed by atoms with Crippen LogP contribution in [0.25, 0.3) is 20.2 Å². The minimum absolute atomic E-state index is 0.687. The van der Waals surface area contributed by atoms with Gasteiger partial charge in [-0.05, 0) is 50.2 Å². The van der Waals surface area contributed by atoms with Crippen molar-refractivity contribution in [3.63, 3.8) is 0 Å². The van der Waals surface area contributed by atoms with Crippen LogP contribution >= 0.6 is 11.3 Å². The predicted molar refractivity (Wildman–Crippen MR) is 90.8 cm³/mol. The third-order valence-corrected chi connectivity index (χ3v) is 4.85. The largest absolute Gasteiger partial charge is 0.309 e. The number of benzene rings is 2. The zero-order valence-electron chi connectivity index (χ0n) is 12.4. The molecule has 20 heavy (non-hydrogen) atoms. The summed E-state index contributed by atoms with van der Waals surface area (Å²) in [4.78, 5) is 2.27. The Bertz CT molecular complexity index is 726. The predicted octanol–water partition coefficient (Wildman–Crippen LogP) is 4.79. The van der Waals surface area contributed by atoms with E-state index in [1.54, 1.807) is 0 Å². The summed E-state index contributed by atoms with van der Waals surface area (Å²) in [5, 5.41) is 2.81. The molecule has 0 N–H and O–H groups in total. The molecule has 3 aromatic rings. The summed E-state index contributed by atoms with van der Waals surface area (Å²) in [6.07, 6.45) is 1.15. The maximum Gasteiger partial charge on any atom is 0.0355 e. The van der Waals surface area contributed by atoms with Gasteiger partial charge in [0.2, 0.25) is 0 Å². The van der Waals surface area contributed by atoms with E-state index in [2.05, 4.69) is 68.4 Å². The van der Waals surface area contributed by atoms with Crippen molar-refractivity contribution in [3.05, 3.63) is 48.0 Å². The molecular weight excluding hydrogens is 262 g/mol. The molecule has 0 aliphatic rings. The normalized spacial score (nSPS) is 13.4. The first kappa shape index (κ1) is 13.6. The molecule has 0 saturated heterocycles. The van der Waals surface area contributed by atoms with E-state index in [4.69, 9.17) is 0 Å². The fourth-order valence-corrected chi connectivity index (χ4v) is 4.08. The van der Waals surface area contributed by atoms with Gasteiger partial charge in [0.05, 0.1) is 0 Å². The number of thiophene rings is 1. The first-order valence-corrected chi connectivity index (χ1v) is 8.00. The molecular formula is C18H21NS. The van der Waals surface area contributed by atoms with Crippen LogP contribution in [0.2, 0.25) is 0 Å². The minimum Gasteiger partial charge on any atom is -0.309 e. The van der Waals surface area contributed by atoms with Gasteiger partial charge >= 0.3 is 0 Å². The zero-order valence-corrected chi connectivity index (χ0v) is 13.2. The summed E-state index contributed by atoms with van der Waals surface area (Å²) in [6, 6.07) is 15.7. The Labute approximate surface area is 124 Å². The van der Waals surface area contributed by atoms with E-state index in [-0.39, 0.29) is 0 Å². The maximum absolute atomic E-state index is 2.39. The van der Waals surface area contributed by atoms with Crippen molar-refractivity contribution in [2.45, 2.75) is 13.3 Å². The summed E-state index contributed by atoms with van der Waals surface area (Å²) in [7, 11) is 4.29. The van der Waals surface area contributed by atoms with Crippen molar-refractivity contribution in [1.29, 1.82) is 0 Å². The Balaban J connectivity index is 1.95. The van der Waals surface area contributed by atoms with Crippen LogP contribution in [0, 0.1) is 5.92 Å². The average Bonchev–Trinajstić information content (AvgIpc) is 2.76. The summed E-state index contributed by atoms with van der Waals surface area (Å²) in [5.41, 5.74) is 1.45. The van der Waals surface area contributed by atoms with Crippen LogP contribution in [0.15, 0.2) is 42.5 Å². The van der Waals surface area contributed by atoms with Crippen molar-refractivity contribution < 1.29 is 0 Å². The fraction of sp³-hybridized carbons (Fsp3) is 0.333. The van der Waals surface area contributed by atoms with Gasteiger partial charge in [-0.2, -0.15) is 0 Å². The van der Waals surface area contributed by atoms with E-state index >= 15 is 0 Å². The Morgan fingerprint density at radius 1 is 1.00 bits per heavy atom. The smallest absolute Gasteiger partial charge is 0.0355 e. The second-order valence-electron chi connectivity index (χ2n) is 6.00. The second kappa shape index (κ2) is 5.55. The molecule has 1 atom stereocenters. The van der Waals surface area contributed by atoms with Gasteiger partial charge in [0, 0.05) is 26.7 Å². The molecule has 0 radical (unpaired) electrons. The van der Waals surface area contributed by atoms with Crippen LogP contribution in [0.5, 0.6) is 0 Å². The van der Waals surface area contributed by atoms with Crippen LogP contribution < -0.4 is 0 Å². The average molecular weight is 283 g/mol. The number of hydrogen-bond donors (Lipinski definition) is 0. The molecule has 0 aliphatic carbocycles. The Morgan fingerprint density at radius 3 is 2.55 bits per heavy atom. The Kier molecular flexibility index (Phi) is 3.77. The second-order valence-corrected chi connectivity index (χ2v) is 7.08. The highest BCUT2D eigenvalue weighted by atomic mass is 32.1. The van der Waals surface area contributed by atoms with E-state index in [1.165, 1.54) is 25.7 Å². The third-order valence-electron chi connectivity index (χ3n) is 3.70. The van der Waals surface area contributed by atoms with Gasteiger partial charge < -0.3 is 4.90 Å². The SMILES string of the molecule is CC(Cc1ccc2sc3ccccc3c2c1)CN(C)C. The van der Waals surface area contributed by atoms with Crippen molar-refractivity contribution >= 4 is 31.5 Å². The first-order valence-electron chi connectivity index (χ1n) is 7.18. The molecule has 1 heterocycles. The molecule has 0 fully saturated rings. The van der Waals surface area contributed by atoms with E-state index in [1.807, 2.05) is 11.3 Å². The zero-order chi connectivity index (χ0) is 14.1. The molecule has 0 amide bonds. The molecule has 2 heteroatoms. The summed E-state index contributed by atoms with van der Waals surface area (Å²) in [6.45, 7) is 3.47. The van der Waals surface area contributed by atoms with Crippen molar-refractivity contribution in [2.75, 3.05) is 20.6 Å². The summed E-state index contributed by atoms with van der Waals surface area (Å²) < 4.78 is 2.79. The highest BCUT2D eigenvalue weighted by Crippen LogP contribution is 2.34. The number of rotatable bonds is 4. The van der Waals surface area contributed by atoms with Gasteiger partial charge in [-0.1, -0.05) is 31.2 Å². The number of nitrogens with zero attached hydrogens (tertiary/aromatic N) is 1. The molecule has 104 valence electrons. The molecule has 2 aromatic carbocycles. The molecule has 0 aliphatic heterocycles. The molecule has 1 aromatic heterocycles. The molecule has 3 rings (SSSR count). The Morgan fingerprint density at radius 2 is 1.75 bits per heavy atom. The van der Waals surface area contributed by atoms with Crippen molar-refractivity contribution in [2.24, 2.45) is 5.92 Å². The Hall–Kier alpha value is -1.38. The number of hydrogen-bond acceptors (Lipinski definition) is 2. The maximum atomic E-state index is 2.39. The molecule has 0 spiro atoms. The van der Waals surface area contributed by atoms with Crippen LogP contribution in [0.4, 0.5) is 0 Å². The molecule has 0 bridgehead atoms. The van der Waals surface area contributed by atoms with Gasteiger partial charge in [-0.15, -0.1) is 11.3 Å². The molecule has 1 unspecified atom stereocenters. The highest BCUT2D eigenvalue weighted by Gasteiger charge is 2.08. The first-order chi connectivity index (χ1) is 9.63. The lowest BCUT2D eigenvalue weighted by molar-refractivity contribution is 0.338. The van der Waals surface area contributed by atoms with E-state index in [0.29, 0.717) is 5.92 Å². The van der Waals surface area contributed by atoms with Gasteiger partial charge in [0.15, 0.2) is 0 Å². The van der Waals surface area contributed by atoms with Gasteiger partial charge in [-0.25, -0.2) is 0 Å². The van der Waals surface area contributed by atoms with Crippen LogP contribution in [-0.4, -0.2) is 25.5 Å². The van der Waals surface area contributed by atoms with E-state index in [0.717, 1.165) is 13.0 Å². The molecule has 1 nitrogen and oxygen atoms in total. The standard InChI is InChI=1S/C18H21NS/c1-13(12-19(2)3)10-14-8-9-18-16(11-14)15-6-4-5-7-17(15)20-18/h4-9,11,13H,10,12H2,1-3H3. The lowest BCUT2D eigenvalue weighted by Crippen LogP contribution is -2.21.